The molecule has 0 saturated heterocycles. The van der Waals surface area contributed by atoms with Crippen LogP contribution in [0, 0.1) is 0 Å². The lowest BCUT2D eigenvalue weighted by atomic mass is 10.0. The summed E-state index contributed by atoms with van der Waals surface area (Å²) >= 11 is 0. The molecule has 30 heavy (non-hydrogen) atoms. The van der Waals surface area contributed by atoms with Crippen LogP contribution in [0.25, 0.3) is 16.8 Å². The molecule has 1 aromatic carbocycles. The van der Waals surface area contributed by atoms with E-state index in [0.29, 0.717) is 17.5 Å². The summed E-state index contributed by atoms with van der Waals surface area (Å²) in [4.78, 5) is 19.9. The standard InChI is InChI=1S/C21H24N4O5/c1-12(2)19(25(22)13(3)4)18-15(6-5-9-23-18)21(27,28)30-17-8-7-16-20(14(17)10-26)29-11-24-16/h5-11,13,27-28H,22H2,1-4H3. The molecule has 0 spiro atoms. The van der Waals surface area contributed by atoms with E-state index >= 15 is 0 Å². The van der Waals surface area contributed by atoms with Crippen LogP contribution in [0.1, 0.15) is 49.3 Å². The molecule has 0 aliphatic carbocycles. The number of pyridine rings is 1. The molecule has 0 bridgehead atoms. The quantitative estimate of drug-likeness (QED) is 0.231. The third-order valence-corrected chi connectivity index (χ3v) is 4.54. The number of hydrazine groups is 1. The first-order valence-electron chi connectivity index (χ1n) is 9.29. The zero-order valence-corrected chi connectivity index (χ0v) is 17.2. The van der Waals surface area contributed by atoms with E-state index in [1.54, 1.807) is 12.1 Å². The second-order valence-corrected chi connectivity index (χ2v) is 7.26. The number of carbonyl (C=O) groups excluding carboxylic acids is 1. The summed E-state index contributed by atoms with van der Waals surface area (Å²) in [5.74, 6) is 3.33. The van der Waals surface area contributed by atoms with E-state index < -0.39 is 5.97 Å². The molecular weight excluding hydrogens is 388 g/mol. The summed E-state index contributed by atoms with van der Waals surface area (Å²) in [6.07, 6.45) is 3.21. The molecule has 158 valence electrons. The van der Waals surface area contributed by atoms with Gasteiger partial charge in [-0.25, -0.2) is 10.8 Å². The number of fused-ring (bicyclic) bond motifs is 1. The van der Waals surface area contributed by atoms with E-state index in [-0.39, 0.29) is 34.2 Å². The molecule has 0 aliphatic heterocycles. The molecule has 0 aliphatic rings. The molecule has 0 fully saturated rings. The maximum absolute atomic E-state index is 11.6. The molecular formula is C21H24N4O5. The van der Waals surface area contributed by atoms with Gasteiger partial charge < -0.3 is 24.4 Å². The first kappa shape index (κ1) is 21.4. The molecule has 0 amide bonds. The normalized spacial score (nSPS) is 11.6. The molecule has 3 rings (SSSR count). The number of nitrogens with zero attached hydrogens (tertiary/aromatic N) is 3. The summed E-state index contributed by atoms with van der Waals surface area (Å²) in [5.41, 5.74) is 2.18. The summed E-state index contributed by atoms with van der Waals surface area (Å²) in [7, 11) is 0. The van der Waals surface area contributed by atoms with Crippen molar-refractivity contribution in [2.24, 2.45) is 5.84 Å². The number of allylic oxidation sites excluding steroid dienone is 1. The Hall–Kier alpha value is -3.27. The van der Waals surface area contributed by atoms with Gasteiger partial charge in [-0.2, -0.15) is 0 Å². The summed E-state index contributed by atoms with van der Waals surface area (Å²) in [6.45, 7) is 7.48. The number of aliphatic hydroxyl groups is 2. The fourth-order valence-corrected chi connectivity index (χ4v) is 3.07. The van der Waals surface area contributed by atoms with Gasteiger partial charge >= 0.3 is 5.97 Å². The van der Waals surface area contributed by atoms with Gasteiger partial charge in [-0.1, -0.05) is 0 Å². The number of rotatable bonds is 7. The largest absolute Gasteiger partial charge is 0.443 e. The number of nitrogens with two attached hydrogens (primary N) is 1. The van der Waals surface area contributed by atoms with Crippen LogP contribution in [-0.4, -0.2) is 37.5 Å². The Morgan fingerprint density at radius 3 is 2.63 bits per heavy atom. The van der Waals surface area contributed by atoms with Crippen LogP contribution in [0.2, 0.25) is 0 Å². The van der Waals surface area contributed by atoms with Crippen molar-refractivity contribution in [3.63, 3.8) is 0 Å². The van der Waals surface area contributed by atoms with Crippen molar-refractivity contribution in [1.29, 1.82) is 0 Å². The van der Waals surface area contributed by atoms with Crippen LogP contribution in [-0.2, 0) is 5.97 Å². The van der Waals surface area contributed by atoms with Crippen molar-refractivity contribution in [2.45, 2.75) is 39.7 Å². The van der Waals surface area contributed by atoms with Crippen molar-refractivity contribution in [3.05, 3.63) is 59.2 Å². The lowest BCUT2D eigenvalue weighted by Gasteiger charge is -2.31. The van der Waals surface area contributed by atoms with Crippen LogP contribution >= 0.6 is 0 Å². The minimum absolute atomic E-state index is 0.00739. The highest BCUT2D eigenvalue weighted by Crippen LogP contribution is 2.34. The van der Waals surface area contributed by atoms with E-state index in [0.717, 1.165) is 5.57 Å². The maximum atomic E-state index is 11.6. The van der Waals surface area contributed by atoms with Crippen LogP contribution in [0.5, 0.6) is 5.75 Å². The van der Waals surface area contributed by atoms with Crippen LogP contribution in [0.3, 0.4) is 0 Å². The van der Waals surface area contributed by atoms with Gasteiger partial charge in [0.25, 0.3) is 0 Å². The van der Waals surface area contributed by atoms with Gasteiger partial charge in [-0.3, -0.25) is 9.78 Å². The maximum Gasteiger partial charge on any atom is 0.353 e. The topological polar surface area (TPSA) is 135 Å². The fraction of sp³-hybridized carbons (Fsp3) is 0.286. The van der Waals surface area contributed by atoms with Gasteiger partial charge in [0.05, 0.1) is 11.3 Å². The second-order valence-electron chi connectivity index (χ2n) is 7.26. The number of hydrogen-bond donors (Lipinski definition) is 3. The predicted molar refractivity (Wildman–Crippen MR) is 110 cm³/mol. The van der Waals surface area contributed by atoms with Crippen molar-refractivity contribution < 1.29 is 24.2 Å². The Labute approximate surface area is 173 Å². The second kappa shape index (κ2) is 8.23. The average Bonchev–Trinajstić information content (AvgIpc) is 3.16. The number of oxazole rings is 1. The Morgan fingerprint density at radius 2 is 2.00 bits per heavy atom. The van der Waals surface area contributed by atoms with E-state index in [1.165, 1.54) is 29.7 Å². The van der Waals surface area contributed by atoms with Crippen molar-refractivity contribution in [2.75, 3.05) is 0 Å². The molecule has 0 saturated carbocycles. The number of aldehydes is 1. The molecule has 0 unspecified atom stereocenters. The summed E-state index contributed by atoms with van der Waals surface area (Å²) in [6, 6.07) is 5.89. The van der Waals surface area contributed by atoms with E-state index in [2.05, 4.69) is 9.97 Å². The highest BCUT2D eigenvalue weighted by atomic mass is 16.8. The number of hydrogen-bond acceptors (Lipinski definition) is 9. The highest BCUT2D eigenvalue weighted by molar-refractivity contribution is 5.96. The van der Waals surface area contributed by atoms with Gasteiger partial charge in [0.15, 0.2) is 18.3 Å². The van der Waals surface area contributed by atoms with E-state index in [4.69, 9.17) is 15.0 Å². The highest BCUT2D eigenvalue weighted by Gasteiger charge is 2.35. The van der Waals surface area contributed by atoms with Gasteiger partial charge in [0.2, 0.25) is 0 Å². The first-order valence-corrected chi connectivity index (χ1v) is 9.29. The molecule has 9 heteroatoms. The van der Waals surface area contributed by atoms with E-state index in [9.17, 15) is 15.0 Å². The molecule has 0 atom stereocenters. The summed E-state index contributed by atoms with van der Waals surface area (Å²) in [5, 5.41) is 23.2. The van der Waals surface area contributed by atoms with Crippen molar-refractivity contribution >= 4 is 23.1 Å². The Kier molecular flexibility index (Phi) is 5.88. The van der Waals surface area contributed by atoms with Gasteiger partial charge in [0.1, 0.15) is 22.5 Å². The van der Waals surface area contributed by atoms with Crippen LogP contribution in [0.15, 0.2) is 46.8 Å². The lowest BCUT2D eigenvalue weighted by Crippen LogP contribution is -2.39. The molecule has 2 aromatic heterocycles. The number of aromatic nitrogens is 2. The molecule has 0 radical (unpaired) electrons. The van der Waals surface area contributed by atoms with Crippen LogP contribution < -0.4 is 10.6 Å². The first-order chi connectivity index (χ1) is 14.2. The predicted octanol–water partition coefficient (Wildman–Crippen LogP) is 2.54. The van der Waals surface area contributed by atoms with Gasteiger partial charge in [-0.15, -0.1) is 0 Å². The number of carbonyl (C=O) groups is 1. The number of benzene rings is 1. The van der Waals surface area contributed by atoms with E-state index in [1.807, 2.05) is 27.7 Å². The minimum atomic E-state index is -2.81. The van der Waals surface area contributed by atoms with Crippen molar-refractivity contribution in [1.82, 2.24) is 15.0 Å². The fourth-order valence-electron chi connectivity index (χ4n) is 3.07. The minimum Gasteiger partial charge on any atom is -0.443 e. The van der Waals surface area contributed by atoms with Gasteiger partial charge in [-0.05, 0) is 57.5 Å². The molecule has 4 N–H and O–H groups in total. The summed E-state index contributed by atoms with van der Waals surface area (Å²) < 4.78 is 10.7. The monoisotopic (exact) mass is 412 g/mol. The third-order valence-electron chi connectivity index (χ3n) is 4.54. The third kappa shape index (κ3) is 3.90. The average molecular weight is 412 g/mol. The SMILES string of the molecule is CC(C)=C(c1ncccc1C(O)(O)Oc1ccc2ncoc2c1C=O)N(N)C(C)C. The van der Waals surface area contributed by atoms with Crippen LogP contribution in [0.4, 0.5) is 0 Å². The smallest absolute Gasteiger partial charge is 0.353 e. The Bertz CT molecular complexity index is 1100. The molecule has 9 nitrogen and oxygen atoms in total. The zero-order chi connectivity index (χ0) is 22.1. The van der Waals surface area contributed by atoms with Crippen molar-refractivity contribution in [3.8, 4) is 5.75 Å². The molecule has 2 heterocycles. The lowest BCUT2D eigenvalue weighted by molar-refractivity contribution is -0.304. The van der Waals surface area contributed by atoms with Gasteiger partial charge in [0, 0.05) is 12.2 Å². The number of ether oxygens (including phenoxy) is 1. The Morgan fingerprint density at radius 1 is 1.27 bits per heavy atom. The Balaban J connectivity index is 2.10. The molecule has 3 aromatic rings. The zero-order valence-electron chi connectivity index (χ0n) is 17.2.